The highest BCUT2D eigenvalue weighted by Crippen LogP contribution is 2.31. The minimum absolute atomic E-state index is 0.233. The van der Waals surface area contributed by atoms with Gasteiger partial charge >= 0.3 is 0 Å². The lowest BCUT2D eigenvalue weighted by Crippen LogP contribution is -2.25. The maximum absolute atomic E-state index is 14.3. The molecule has 1 aromatic carbocycles. The van der Waals surface area contributed by atoms with Crippen LogP contribution in [0.1, 0.15) is 30.4 Å². The Morgan fingerprint density at radius 3 is 3.12 bits per heavy atom. The van der Waals surface area contributed by atoms with E-state index in [1.807, 2.05) is 0 Å². The van der Waals surface area contributed by atoms with E-state index in [4.69, 9.17) is 9.47 Å². The van der Waals surface area contributed by atoms with Gasteiger partial charge in [-0.05, 0) is 31.4 Å². The van der Waals surface area contributed by atoms with E-state index in [-0.39, 0.29) is 11.9 Å². The number of hydrogen-bond acceptors (Lipinski definition) is 6. The molecule has 3 aromatic rings. The summed E-state index contributed by atoms with van der Waals surface area (Å²) >= 11 is 0. The van der Waals surface area contributed by atoms with E-state index in [0.29, 0.717) is 42.5 Å². The molecule has 0 amide bonds. The fraction of sp³-hybridized carbons (Fsp3) is 0.389. The zero-order valence-electron chi connectivity index (χ0n) is 14.1. The first-order valence-electron chi connectivity index (χ1n) is 8.82. The predicted octanol–water partition coefficient (Wildman–Crippen LogP) is 2.74. The Bertz CT molecular complexity index is 970. The number of fused-ring (bicyclic) bond motifs is 2. The molecule has 134 valence electrons. The van der Waals surface area contributed by atoms with E-state index < -0.39 is 0 Å². The Kier molecular flexibility index (Phi) is 3.62. The number of halogens is 1. The minimum Gasteiger partial charge on any atom is -0.493 e. The van der Waals surface area contributed by atoms with Gasteiger partial charge in [-0.25, -0.2) is 13.8 Å². The highest BCUT2D eigenvalue weighted by Gasteiger charge is 2.22. The molecule has 26 heavy (non-hydrogen) atoms. The van der Waals surface area contributed by atoms with Gasteiger partial charge < -0.3 is 14.8 Å². The van der Waals surface area contributed by atoms with Crippen LogP contribution in [0.25, 0.3) is 5.65 Å². The van der Waals surface area contributed by atoms with E-state index in [0.717, 1.165) is 24.2 Å². The van der Waals surface area contributed by atoms with Gasteiger partial charge in [-0.15, -0.1) is 10.2 Å². The quantitative estimate of drug-likeness (QED) is 0.759. The van der Waals surface area contributed by atoms with Crippen LogP contribution in [0.5, 0.6) is 11.5 Å². The first-order chi connectivity index (χ1) is 12.8. The smallest absolute Gasteiger partial charge is 0.210 e. The Morgan fingerprint density at radius 1 is 1.35 bits per heavy atom. The molecule has 2 aliphatic rings. The Balaban J connectivity index is 1.41. The van der Waals surface area contributed by atoms with Crippen molar-refractivity contribution in [3.63, 3.8) is 0 Å². The van der Waals surface area contributed by atoms with Crippen molar-refractivity contribution in [3.8, 4) is 11.5 Å². The third-order valence-electron chi connectivity index (χ3n) is 5.01. The van der Waals surface area contributed by atoms with E-state index in [2.05, 4.69) is 20.5 Å². The van der Waals surface area contributed by atoms with Gasteiger partial charge in [-0.1, -0.05) is 0 Å². The number of nitrogens with one attached hydrogen (secondary N) is 1. The van der Waals surface area contributed by atoms with Crippen molar-refractivity contribution in [3.05, 3.63) is 41.6 Å². The van der Waals surface area contributed by atoms with Crippen molar-refractivity contribution >= 4 is 11.6 Å². The summed E-state index contributed by atoms with van der Waals surface area (Å²) in [6.07, 6.45) is 7.48. The Morgan fingerprint density at radius 2 is 2.27 bits per heavy atom. The number of hydrogen-bond donors (Lipinski definition) is 1. The van der Waals surface area contributed by atoms with E-state index in [9.17, 15) is 4.39 Å². The van der Waals surface area contributed by atoms with Gasteiger partial charge in [-0.3, -0.25) is 0 Å². The molecule has 1 fully saturated rings. The first kappa shape index (κ1) is 15.4. The molecule has 0 bridgehead atoms. The summed E-state index contributed by atoms with van der Waals surface area (Å²) < 4.78 is 27.5. The molecule has 1 saturated carbocycles. The second-order valence-corrected chi connectivity index (χ2v) is 6.60. The lowest BCUT2D eigenvalue weighted by molar-refractivity contribution is 0.121. The lowest BCUT2D eigenvalue weighted by Gasteiger charge is -2.26. The maximum Gasteiger partial charge on any atom is 0.210 e. The van der Waals surface area contributed by atoms with Gasteiger partial charge in [-0.2, -0.15) is 0 Å². The summed E-state index contributed by atoms with van der Waals surface area (Å²) in [5.74, 6) is 1.68. The number of aromatic nitrogens is 4. The number of anilines is 1. The molecule has 1 aliphatic heterocycles. The van der Waals surface area contributed by atoms with E-state index in [1.165, 1.54) is 12.5 Å². The minimum atomic E-state index is -0.244. The molecule has 0 radical (unpaired) electrons. The number of rotatable bonds is 5. The van der Waals surface area contributed by atoms with Crippen LogP contribution in [-0.2, 0) is 13.0 Å². The summed E-state index contributed by atoms with van der Waals surface area (Å²) in [5, 5.41) is 11.3. The van der Waals surface area contributed by atoms with Crippen LogP contribution in [0, 0.1) is 5.82 Å². The monoisotopic (exact) mass is 355 g/mol. The third kappa shape index (κ3) is 2.53. The third-order valence-corrected chi connectivity index (χ3v) is 5.01. The number of benzene rings is 1. The highest BCUT2D eigenvalue weighted by atomic mass is 19.1. The van der Waals surface area contributed by atoms with Crippen molar-refractivity contribution in [2.24, 2.45) is 0 Å². The molecule has 3 heterocycles. The highest BCUT2D eigenvalue weighted by molar-refractivity contribution is 5.56. The molecule has 0 atom stereocenters. The molecule has 8 heteroatoms. The molecule has 7 nitrogen and oxygen atoms in total. The molecule has 0 spiro atoms. The summed E-state index contributed by atoms with van der Waals surface area (Å²) in [5.41, 5.74) is 2.14. The molecule has 2 aromatic heterocycles. The number of nitrogens with zero attached hydrogens (tertiary/aromatic N) is 4. The molecule has 1 N–H and O–H groups in total. The molecular weight excluding hydrogens is 337 g/mol. The normalized spacial score (nSPS) is 16.2. The van der Waals surface area contributed by atoms with Gasteiger partial charge in [0.2, 0.25) is 11.6 Å². The summed E-state index contributed by atoms with van der Waals surface area (Å²) in [6, 6.07) is 3.13. The number of ether oxygens (including phenoxy) is 2. The van der Waals surface area contributed by atoms with Gasteiger partial charge in [0.15, 0.2) is 5.75 Å². The standard InChI is InChI=1S/C18H18FN5O2/c19-14-4-5-15-12(6-7-25-15)13(14)8-20-18-21-9-16(26-11-2-1-3-11)17-23-22-10-24(17)18/h4-5,9-11H,1-3,6-8H2,(H,20,21). The van der Waals surface area contributed by atoms with Crippen LogP contribution in [-0.4, -0.2) is 32.3 Å². The molecule has 0 unspecified atom stereocenters. The van der Waals surface area contributed by atoms with Gasteiger partial charge in [0.25, 0.3) is 0 Å². The molecule has 5 rings (SSSR count). The summed E-state index contributed by atoms with van der Waals surface area (Å²) in [7, 11) is 0. The topological polar surface area (TPSA) is 73.6 Å². The second kappa shape index (κ2) is 6.12. The SMILES string of the molecule is Fc1ccc2c(c1CNc1ncc(OC3CCC3)c3nncn13)CCO2. The van der Waals surface area contributed by atoms with Crippen LogP contribution < -0.4 is 14.8 Å². The van der Waals surface area contributed by atoms with Crippen LogP contribution in [0.15, 0.2) is 24.7 Å². The van der Waals surface area contributed by atoms with Crippen molar-refractivity contribution in [2.45, 2.75) is 38.3 Å². The van der Waals surface area contributed by atoms with Crippen molar-refractivity contribution in [1.82, 2.24) is 19.6 Å². The summed E-state index contributed by atoms with van der Waals surface area (Å²) in [6.45, 7) is 0.897. The van der Waals surface area contributed by atoms with Crippen molar-refractivity contribution < 1.29 is 13.9 Å². The zero-order valence-corrected chi connectivity index (χ0v) is 14.1. The van der Waals surface area contributed by atoms with Crippen LogP contribution >= 0.6 is 0 Å². The maximum atomic E-state index is 14.3. The van der Waals surface area contributed by atoms with E-state index in [1.54, 1.807) is 23.0 Å². The van der Waals surface area contributed by atoms with Gasteiger partial charge in [0.1, 0.15) is 17.9 Å². The van der Waals surface area contributed by atoms with Crippen molar-refractivity contribution in [1.29, 1.82) is 0 Å². The van der Waals surface area contributed by atoms with Crippen LogP contribution in [0.3, 0.4) is 0 Å². The average molecular weight is 355 g/mol. The largest absolute Gasteiger partial charge is 0.493 e. The Labute approximate surface area is 149 Å². The second-order valence-electron chi connectivity index (χ2n) is 6.60. The van der Waals surface area contributed by atoms with Crippen molar-refractivity contribution in [2.75, 3.05) is 11.9 Å². The lowest BCUT2D eigenvalue weighted by atomic mass is 9.96. The molecule has 1 aliphatic carbocycles. The van der Waals surface area contributed by atoms with Gasteiger partial charge in [0, 0.05) is 24.1 Å². The molecule has 0 saturated heterocycles. The predicted molar refractivity (Wildman–Crippen MR) is 92.0 cm³/mol. The molecular formula is C18H18FN5O2. The van der Waals surface area contributed by atoms with E-state index >= 15 is 0 Å². The van der Waals surface area contributed by atoms with Gasteiger partial charge in [0.05, 0.1) is 18.9 Å². The fourth-order valence-electron chi connectivity index (χ4n) is 3.35. The fourth-order valence-corrected chi connectivity index (χ4v) is 3.35. The zero-order chi connectivity index (χ0) is 17.5. The van der Waals surface area contributed by atoms with Crippen LogP contribution in [0.2, 0.25) is 0 Å². The van der Waals surface area contributed by atoms with Crippen LogP contribution in [0.4, 0.5) is 10.3 Å². The first-order valence-corrected chi connectivity index (χ1v) is 8.82. The average Bonchev–Trinajstić information content (AvgIpc) is 3.27. The summed E-state index contributed by atoms with van der Waals surface area (Å²) in [4.78, 5) is 4.42. The Hall–Kier alpha value is -2.90.